The third kappa shape index (κ3) is 45.5. The van der Waals surface area contributed by atoms with Gasteiger partial charge in [-0.3, -0.25) is 14.4 Å². The van der Waals surface area contributed by atoms with E-state index in [4.69, 9.17) is 14.2 Å². The van der Waals surface area contributed by atoms with Crippen molar-refractivity contribution in [1.29, 1.82) is 0 Å². The minimum Gasteiger partial charge on any atom is -0.462 e. The van der Waals surface area contributed by atoms with E-state index >= 15 is 0 Å². The zero-order valence-corrected chi connectivity index (χ0v) is 39.7. The summed E-state index contributed by atoms with van der Waals surface area (Å²) in [6.07, 6.45) is 45.2. The van der Waals surface area contributed by atoms with Crippen molar-refractivity contribution < 1.29 is 28.6 Å². The van der Waals surface area contributed by atoms with Gasteiger partial charge in [-0.2, -0.15) is 0 Å². The molecule has 0 saturated carbocycles. The van der Waals surface area contributed by atoms with Gasteiger partial charge in [0, 0.05) is 19.3 Å². The van der Waals surface area contributed by atoms with Crippen molar-refractivity contribution in [1.82, 2.24) is 0 Å². The molecule has 6 heteroatoms. The van der Waals surface area contributed by atoms with Crippen LogP contribution in [0, 0.1) is 11.8 Å². The van der Waals surface area contributed by atoms with E-state index < -0.39 is 6.10 Å². The Morgan fingerprint density at radius 1 is 0.328 bits per heavy atom. The van der Waals surface area contributed by atoms with E-state index in [9.17, 15) is 14.4 Å². The van der Waals surface area contributed by atoms with E-state index in [-0.39, 0.29) is 31.1 Å². The Bertz CT molecular complexity index is 885. The summed E-state index contributed by atoms with van der Waals surface area (Å²) in [4.78, 5) is 37.9. The number of hydrogen-bond donors (Lipinski definition) is 0. The summed E-state index contributed by atoms with van der Waals surface area (Å²) in [5.74, 6) is 0.778. The Balaban J connectivity index is 4.27. The number of rotatable bonds is 46. The molecule has 0 amide bonds. The summed E-state index contributed by atoms with van der Waals surface area (Å²) in [5.41, 5.74) is 0. The Labute approximate surface area is 361 Å². The molecule has 0 fully saturated rings. The molecule has 0 saturated heterocycles. The van der Waals surface area contributed by atoms with Crippen molar-refractivity contribution in [2.75, 3.05) is 13.2 Å². The number of carbonyl (C=O) groups excluding carboxylic acids is 3. The Kier molecular flexibility index (Phi) is 43.7. The zero-order chi connectivity index (χ0) is 42.6. The highest BCUT2D eigenvalue weighted by molar-refractivity contribution is 5.71. The van der Waals surface area contributed by atoms with Gasteiger partial charge in [0.15, 0.2) is 6.10 Å². The SMILES string of the molecule is CCCCCCCCCCCCCCC(=O)OC[C@H](COC(=O)CCCCCCCCCC(C)C)OC(=O)CCCCCCCCCCCCCCCCCC(C)C. The van der Waals surface area contributed by atoms with E-state index in [1.54, 1.807) is 0 Å². The highest BCUT2D eigenvalue weighted by atomic mass is 16.6. The van der Waals surface area contributed by atoms with Crippen LogP contribution in [-0.2, 0) is 28.6 Å². The first kappa shape index (κ1) is 56.4. The second-order valence-corrected chi connectivity index (χ2v) is 18.8. The Morgan fingerprint density at radius 3 is 0.845 bits per heavy atom. The average molecular weight is 821 g/mol. The Hall–Kier alpha value is -1.59. The smallest absolute Gasteiger partial charge is 0.306 e. The predicted molar refractivity (Wildman–Crippen MR) is 247 cm³/mol. The lowest BCUT2D eigenvalue weighted by atomic mass is 10.0. The lowest BCUT2D eigenvalue weighted by Gasteiger charge is -2.18. The molecule has 0 heterocycles. The highest BCUT2D eigenvalue weighted by Crippen LogP contribution is 2.17. The summed E-state index contributed by atoms with van der Waals surface area (Å²) in [7, 11) is 0. The standard InChI is InChI=1S/C52H100O6/c1-6-7-8-9-10-11-12-19-22-27-32-37-42-50(53)56-45-49(46-57-51(54)43-38-33-29-24-26-31-36-41-48(4)5)58-52(55)44-39-34-28-23-20-17-15-13-14-16-18-21-25-30-35-40-47(2)3/h47-49H,6-46H2,1-5H3/t49-/m1/s1. The fraction of sp³-hybridized carbons (Fsp3) is 0.942. The number of hydrogen-bond acceptors (Lipinski definition) is 6. The Morgan fingerprint density at radius 2 is 0.569 bits per heavy atom. The fourth-order valence-electron chi connectivity index (χ4n) is 7.81. The molecule has 58 heavy (non-hydrogen) atoms. The van der Waals surface area contributed by atoms with E-state index in [1.807, 2.05) is 0 Å². The van der Waals surface area contributed by atoms with Crippen LogP contribution >= 0.6 is 0 Å². The summed E-state index contributed by atoms with van der Waals surface area (Å²) in [6.45, 7) is 11.3. The van der Waals surface area contributed by atoms with Crippen molar-refractivity contribution in [2.45, 2.75) is 291 Å². The number of ether oxygens (including phenoxy) is 3. The van der Waals surface area contributed by atoms with Gasteiger partial charge in [-0.05, 0) is 31.1 Å². The van der Waals surface area contributed by atoms with Crippen molar-refractivity contribution in [3.05, 3.63) is 0 Å². The molecule has 0 aliphatic carbocycles. The van der Waals surface area contributed by atoms with Gasteiger partial charge in [-0.25, -0.2) is 0 Å². The molecule has 0 N–H and O–H groups in total. The van der Waals surface area contributed by atoms with Crippen LogP contribution in [0.5, 0.6) is 0 Å². The normalized spacial score (nSPS) is 12.1. The van der Waals surface area contributed by atoms with Gasteiger partial charge in [-0.1, -0.05) is 247 Å². The van der Waals surface area contributed by atoms with E-state index in [2.05, 4.69) is 34.6 Å². The van der Waals surface area contributed by atoms with Crippen LogP contribution in [0.15, 0.2) is 0 Å². The topological polar surface area (TPSA) is 78.9 Å². The zero-order valence-electron chi connectivity index (χ0n) is 39.7. The van der Waals surface area contributed by atoms with Gasteiger partial charge in [-0.15, -0.1) is 0 Å². The molecule has 0 aliphatic rings. The molecule has 1 atom stereocenters. The molecule has 0 unspecified atom stereocenters. The maximum absolute atomic E-state index is 12.8. The molecule has 0 aromatic carbocycles. The lowest BCUT2D eigenvalue weighted by molar-refractivity contribution is -0.167. The second-order valence-electron chi connectivity index (χ2n) is 18.8. The van der Waals surface area contributed by atoms with Gasteiger partial charge in [0.1, 0.15) is 13.2 Å². The van der Waals surface area contributed by atoms with Crippen LogP contribution in [0.25, 0.3) is 0 Å². The minimum absolute atomic E-state index is 0.0641. The average Bonchev–Trinajstić information content (AvgIpc) is 3.19. The number of carbonyl (C=O) groups is 3. The molecular formula is C52H100O6. The van der Waals surface area contributed by atoms with Crippen LogP contribution in [0.2, 0.25) is 0 Å². The van der Waals surface area contributed by atoms with E-state index in [1.165, 1.54) is 173 Å². The molecule has 6 nitrogen and oxygen atoms in total. The minimum atomic E-state index is -0.761. The van der Waals surface area contributed by atoms with Gasteiger partial charge < -0.3 is 14.2 Å². The van der Waals surface area contributed by atoms with E-state index in [0.29, 0.717) is 19.3 Å². The summed E-state index contributed by atoms with van der Waals surface area (Å²) < 4.78 is 16.8. The summed E-state index contributed by atoms with van der Waals surface area (Å²) in [6, 6.07) is 0. The van der Waals surface area contributed by atoms with Crippen LogP contribution in [0.3, 0.4) is 0 Å². The second kappa shape index (κ2) is 44.9. The first-order valence-corrected chi connectivity index (χ1v) is 25.7. The molecule has 344 valence electrons. The lowest BCUT2D eigenvalue weighted by Crippen LogP contribution is -2.30. The third-order valence-electron chi connectivity index (χ3n) is 11.7. The third-order valence-corrected chi connectivity index (χ3v) is 11.7. The van der Waals surface area contributed by atoms with Crippen molar-refractivity contribution >= 4 is 17.9 Å². The first-order valence-electron chi connectivity index (χ1n) is 25.7. The van der Waals surface area contributed by atoms with Gasteiger partial charge >= 0.3 is 17.9 Å². The van der Waals surface area contributed by atoms with Crippen molar-refractivity contribution in [3.8, 4) is 0 Å². The summed E-state index contributed by atoms with van der Waals surface area (Å²) in [5, 5.41) is 0. The maximum Gasteiger partial charge on any atom is 0.306 e. The summed E-state index contributed by atoms with van der Waals surface area (Å²) >= 11 is 0. The van der Waals surface area contributed by atoms with Gasteiger partial charge in [0.05, 0.1) is 0 Å². The van der Waals surface area contributed by atoms with Crippen LogP contribution in [-0.4, -0.2) is 37.2 Å². The molecule has 0 aromatic heterocycles. The molecule has 0 spiro atoms. The first-order chi connectivity index (χ1) is 28.2. The maximum atomic E-state index is 12.8. The van der Waals surface area contributed by atoms with E-state index in [0.717, 1.165) is 69.6 Å². The van der Waals surface area contributed by atoms with Crippen molar-refractivity contribution in [3.63, 3.8) is 0 Å². The van der Waals surface area contributed by atoms with Crippen LogP contribution in [0.1, 0.15) is 285 Å². The number of esters is 3. The predicted octanol–water partition coefficient (Wildman–Crippen LogP) is 16.5. The molecule has 0 aliphatic heterocycles. The van der Waals surface area contributed by atoms with Crippen LogP contribution in [0.4, 0.5) is 0 Å². The largest absolute Gasteiger partial charge is 0.462 e. The number of unbranched alkanes of at least 4 members (excludes halogenated alkanes) is 31. The van der Waals surface area contributed by atoms with Crippen LogP contribution < -0.4 is 0 Å². The highest BCUT2D eigenvalue weighted by Gasteiger charge is 2.19. The van der Waals surface area contributed by atoms with Crippen molar-refractivity contribution in [2.24, 2.45) is 11.8 Å². The molecular weight excluding hydrogens is 721 g/mol. The monoisotopic (exact) mass is 821 g/mol. The molecule has 0 radical (unpaired) electrons. The molecule has 0 aromatic rings. The van der Waals surface area contributed by atoms with Gasteiger partial charge in [0.25, 0.3) is 0 Å². The molecule has 0 bridgehead atoms. The molecule has 0 rings (SSSR count). The fourth-order valence-corrected chi connectivity index (χ4v) is 7.81. The quantitative estimate of drug-likeness (QED) is 0.0346. The van der Waals surface area contributed by atoms with Gasteiger partial charge in [0.2, 0.25) is 0 Å².